The second kappa shape index (κ2) is 9.48. The second-order valence-corrected chi connectivity index (χ2v) is 8.58. The van der Waals surface area contributed by atoms with Gasteiger partial charge < -0.3 is 16.0 Å². The van der Waals surface area contributed by atoms with E-state index >= 15 is 0 Å². The molecule has 3 amide bonds. The van der Waals surface area contributed by atoms with E-state index in [2.05, 4.69) is 40.8 Å². The number of aromatic nitrogens is 1. The van der Waals surface area contributed by atoms with E-state index in [-0.39, 0.29) is 24.9 Å². The molecule has 0 unspecified atom stereocenters. The molecule has 1 aromatic carbocycles. The van der Waals surface area contributed by atoms with Crippen molar-refractivity contribution >= 4 is 39.7 Å². The number of benzene rings is 1. The first-order valence-electron chi connectivity index (χ1n) is 8.89. The highest BCUT2D eigenvalue weighted by Gasteiger charge is 2.12. The minimum Gasteiger partial charge on any atom is -0.338 e. The Morgan fingerprint density at radius 3 is 2.61 bits per heavy atom. The van der Waals surface area contributed by atoms with Crippen LogP contribution in [0.3, 0.4) is 0 Å². The van der Waals surface area contributed by atoms with Crippen LogP contribution in [0, 0.1) is 13.8 Å². The Morgan fingerprint density at radius 2 is 1.89 bits per heavy atom. The summed E-state index contributed by atoms with van der Waals surface area (Å²) in [4.78, 5) is 30.8. The molecule has 0 saturated carbocycles. The van der Waals surface area contributed by atoms with Gasteiger partial charge in [0.15, 0.2) is 5.13 Å². The molecule has 0 radical (unpaired) electrons. The molecule has 3 rings (SSSR count). The van der Waals surface area contributed by atoms with Gasteiger partial charge in [0, 0.05) is 40.2 Å². The van der Waals surface area contributed by atoms with Crippen molar-refractivity contribution in [1.82, 2.24) is 15.6 Å². The van der Waals surface area contributed by atoms with Gasteiger partial charge in [0.25, 0.3) is 0 Å². The minimum absolute atomic E-state index is 0.178. The highest BCUT2D eigenvalue weighted by atomic mass is 32.1. The lowest BCUT2D eigenvalue weighted by Gasteiger charge is -2.07. The van der Waals surface area contributed by atoms with Crippen molar-refractivity contribution in [1.29, 1.82) is 0 Å². The predicted molar refractivity (Wildman–Crippen MR) is 115 cm³/mol. The van der Waals surface area contributed by atoms with E-state index < -0.39 is 0 Å². The van der Waals surface area contributed by atoms with E-state index in [9.17, 15) is 9.59 Å². The number of nitrogens with zero attached hydrogens (tertiary/aromatic N) is 1. The molecule has 0 aliphatic rings. The van der Waals surface area contributed by atoms with Crippen molar-refractivity contribution in [2.24, 2.45) is 0 Å². The molecule has 146 valence electrons. The first-order valence-corrected chi connectivity index (χ1v) is 10.6. The molecule has 28 heavy (non-hydrogen) atoms. The molecule has 0 saturated heterocycles. The number of rotatable bonds is 7. The number of carbonyl (C=O) groups is 2. The van der Waals surface area contributed by atoms with E-state index in [1.165, 1.54) is 21.1 Å². The van der Waals surface area contributed by atoms with Crippen molar-refractivity contribution in [2.45, 2.75) is 26.8 Å². The zero-order valence-corrected chi connectivity index (χ0v) is 17.4. The smallest absolute Gasteiger partial charge is 0.315 e. The molecule has 8 heteroatoms. The Labute approximate surface area is 172 Å². The molecule has 0 fully saturated rings. The fourth-order valence-electron chi connectivity index (χ4n) is 2.65. The highest BCUT2D eigenvalue weighted by molar-refractivity contribution is 7.14. The lowest BCUT2D eigenvalue weighted by Crippen LogP contribution is -2.36. The van der Waals surface area contributed by atoms with Crippen LogP contribution in [0.2, 0.25) is 0 Å². The number of aryl methyl sites for hydroxylation is 2. The number of anilines is 1. The largest absolute Gasteiger partial charge is 0.338 e. The quantitative estimate of drug-likeness (QED) is 0.538. The summed E-state index contributed by atoms with van der Waals surface area (Å²) in [5.41, 5.74) is 3.00. The standard InChI is InChI=1S/C20H22N4O2S2/c1-13-10-16(14(2)28-13)17-12-27-20(23-17)24-18(25)8-9-21-19(26)22-11-15-6-4-3-5-7-15/h3-7,10,12H,8-9,11H2,1-2H3,(H2,21,22,26)(H,23,24,25). The van der Waals surface area contributed by atoms with Gasteiger partial charge in [-0.25, -0.2) is 9.78 Å². The third-order valence-corrected chi connectivity index (χ3v) is 5.72. The topological polar surface area (TPSA) is 83.1 Å². The maximum absolute atomic E-state index is 12.1. The minimum atomic E-state index is -0.295. The fraction of sp³-hybridized carbons (Fsp3) is 0.250. The van der Waals surface area contributed by atoms with Crippen LogP contribution in [0.5, 0.6) is 0 Å². The number of hydrogen-bond acceptors (Lipinski definition) is 5. The summed E-state index contributed by atoms with van der Waals surface area (Å²) in [5, 5.41) is 10.7. The van der Waals surface area contributed by atoms with Crippen molar-refractivity contribution in [2.75, 3.05) is 11.9 Å². The van der Waals surface area contributed by atoms with Crippen molar-refractivity contribution < 1.29 is 9.59 Å². The van der Waals surface area contributed by atoms with E-state index in [1.807, 2.05) is 35.7 Å². The van der Waals surface area contributed by atoms with Gasteiger partial charge in [-0.15, -0.1) is 22.7 Å². The molecule has 0 bridgehead atoms. The van der Waals surface area contributed by atoms with Gasteiger partial charge in [-0.05, 0) is 25.5 Å². The van der Waals surface area contributed by atoms with Gasteiger partial charge in [0.1, 0.15) is 0 Å². The van der Waals surface area contributed by atoms with Gasteiger partial charge in [-0.2, -0.15) is 0 Å². The maximum atomic E-state index is 12.1. The number of carbonyl (C=O) groups excluding carboxylic acids is 2. The molecule has 6 nitrogen and oxygen atoms in total. The zero-order chi connectivity index (χ0) is 19.9. The highest BCUT2D eigenvalue weighted by Crippen LogP contribution is 2.32. The monoisotopic (exact) mass is 414 g/mol. The maximum Gasteiger partial charge on any atom is 0.315 e. The summed E-state index contributed by atoms with van der Waals surface area (Å²) < 4.78 is 0. The number of hydrogen-bond donors (Lipinski definition) is 3. The van der Waals surface area contributed by atoms with Crippen LogP contribution in [-0.2, 0) is 11.3 Å². The summed E-state index contributed by atoms with van der Waals surface area (Å²) >= 11 is 3.13. The van der Waals surface area contributed by atoms with E-state index in [1.54, 1.807) is 11.3 Å². The molecule has 0 aliphatic heterocycles. The molecule has 3 N–H and O–H groups in total. The summed E-state index contributed by atoms with van der Waals surface area (Å²) in [6, 6.07) is 11.5. The molecule has 2 heterocycles. The Balaban J connectivity index is 1.40. The van der Waals surface area contributed by atoms with Crippen molar-refractivity contribution in [3.05, 3.63) is 57.1 Å². The average Bonchev–Trinajstić information content (AvgIpc) is 3.26. The SMILES string of the molecule is Cc1cc(-c2csc(NC(=O)CCNC(=O)NCc3ccccc3)n2)c(C)s1. The molecular formula is C20H22N4O2S2. The number of urea groups is 1. The lowest BCUT2D eigenvalue weighted by atomic mass is 10.2. The van der Waals surface area contributed by atoms with Gasteiger partial charge in [0.05, 0.1) is 5.69 Å². The molecule has 2 aromatic heterocycles. The first kappa shape index (κ1) is 20.0. The van der Waals surface area contributed by atoms with Crippen LogP contribution in [0.1, 0.15) is 21.7 Å². The summed E-state index contributed by atoms with van der Waals surface area (Å²) in [7, 11) is 0. The summed E-state index contributed by atoms with van der Waals surface area (Å²) in [5.74, 6) is -0.178. The van der Waals surface area contributed by atoms with Crippen LogP contribution in [-0.4, -0.2) is 23.5 Å². The van der Waals surface area contributed by atoms with Crippen LogP contribution in [0.25, 0.3) is 11.3 Å². The van der Waals surface area contributed by atoms with Gasteiger partial charge in [-0.3, -0.25) is 4.79 Å². The van der Waals surface area contributed by atoms with Gasteiger partial charge in [0.2, 0.25) is 5.91 Å². The van der Waals surface area contributed by atoms with E-state index in [4.69, 9.17) is 0 Å². The zero-order valence-electron chi connectivity index (χ0n) is 15.7. The summed E-state index contributed by atoms with van der Waals surface area (Å²) in [6.07, 6.45) is 0.185. The number of nitrogens with one attached hydrogen (secondary N) is 3. The van der Waals surface area contributed by atoms with E-state index in [0.717, 1.165) is 16.8 Å². The van der Waals surface area contributed by atoms with E-state index in [0.29, 0.717) is 11.7 Å². The number of thiazole rings is 1. The Bertz CT molecular complexity index is 950. The molecule has 0 atom stereocenters. The van der Waals surface area contributed by atoms with Gasteiger partial charge >= 0.3 is 6.03 Å². The Morgan fingerprint density at radius 1 is 1.11 bits per heavy atom. The van der Waals surface area contributed by atoms with Gasteiger partial charge in [-0.1, -0.05) is 30.3 Å². The first-order chi connectivity index (χ1) is 13.5. The lowest BCUT2D eigenvalue weighted by molar-refractivity contribution is -0.116. The Hall–Kier alpha value is -2.71. The van der Waals surface area contributed by atoms with Crippen LogP contribution >= 0.6 is 22.7 Å². The van der Waals surface area contributed by atoms with Crippen LogP contribution < -0.4 is 16.0 Å². The molecule has 3 aromatic rings. The third-order valence-electron chi connectivity index (χ3n) is 4.00. The van der Waals surface area contributed by atoms with Crippen molar-refractivity contribution in [3.63, 3.8) is 0 Å². The predicted octanol–water partition coefficient (Wildman–Crippen LogP) is 4.32. The Kier molecular flexibility index (Phi) is 6.78. The van der Waals surface area contributed by atoms with Crippen LogP contribution in [0.15, 0.2) is 41.8 Å². The number of amides is 3. The number of thiophene rings is 1. The third kappa shape index (κ3) is 5.64. The van der Waals surface area contributed by atoms with Crippen LogP contribution in [0.4, 0.5) is 9.93 Å². The summed E-state index contributed by atoms with van der Waals surface area (Å²) in [6.45, 7) is 4.84. The molecule has 0 spiro atoms. The normalized spacial score (nSPS) is 10.5. The second-order valence-electron chi connectivity index (χ2n) is 6.26. The molecule has 0 aliphatic carbocycles. The fourth-order valence-corrected chi connectivity index (χ4v) is 4.31. The average molecular weight is 415 g/mol. The van der Waals surface area contributed by atoms with Crippen molar-refractivity contribution in [3.8, 4) is 11.3 Å². The molecular weight excluding hydrogens is 392 g/mol.